The largest absolute Gasteiger partial charge is 0.462 e. The van der Waals surface area contributed by atoms with E-state index < -0.39 is 0 Å². The van der Waals surface area contributed by atoms with Crippen molar-refractivity contribution in [2.75, 3.05) is 18.1 Å². The van der Waals surface area contributed by atoms with E-state index in [1.165, 1.54) is 6.20 Å². The summed E-state index contributed by atoms with van der Waals surface area (Å²) in [7, 11) is 0. The fourth-order valence-electron chi connectivity index (χ4n) is 2.39. The van der Waals surface area contributed by atoms with Crippen molar-refractivity contribution >= 4 is 34.4 Å². The SMILES string of the molecule is CCOC(=O)c1cnc2nc(N3CC[C@@H]3C)c(Cl)cc2c1. The van der Waals surface area contributed by atoms with Crippen molar-refractivity contribution in [2.24, 2.45) is 0 Å². The fourth-order valence-corrected chi connectivity index (χ4v) is 2.66. The van der Waals surface area contributed by atoms with Gasteiger partial charge >= 0.3 is 5.97 Å². The number of carbonyl (C=O) groups is 1. The first-order chi connectivity index (χ1) is 10.1. The van der Waals surface area contributed by atoms with E-state index in [2.05, 4.69) is 21.8 Å². The lowest BCUT2D eigenvalue weighted by molar-refractivity contribution is 0.0526. The second kappa shape index (κ2) is 5.48. The predicted molar refractivity (Wildman–Crippen MR) is 81.9 cm³/mol. The van der Waals surface area contributed by atoms with Gasteiger partial charge in [-0.25, -0.2) is 14.8 Å². The van der Waals surface area contributed by atoms with Crippen molar-refractivity contribution in [1.29, 1.82) is 0 Å². The Labute approximate surface area is 127 Å². The van der Waals surface area contributed by atoms with Gasteiger partial charge in [-0.3, -0.25) is 0 Å². The third kappa shape index (κ3) is 2.53. The molecule has 3 rings (SSSR count). The van der Waals surface area contributed by atoms with Gasteiger partial charge in [-0.05, 0) is 32.4 Å². The van der Waals surface area contributed by atoms with Crippen molar-refractivity contribution in [2.45, 2.75) is 26.3 Å². The molecule has 0 spiro atoms. The molecule has 1 fully saturated rings. The number of hydrogen-bond donors (Lipinski definition) is 0. The van der Waals surface area contributed by atoms with E-state index in [9.17, 15) is 4.79 Å². The zero-order valence-corrected chi connectivity index (χ0v) is 12.7. The molecule has 1 saturated heterocycles. The third-order valence-corrected chi connectivity index (χ3v) is 3.98. The first kappa shape index (κ1) is 14.1. The highest BCUT2D eigenvalue weighted by Gasteiger charge is 2.27. The topological polar surface area (TPSA) is 55.3 Å². The molecule has 110 valence electrons. The first-order valence-corrected chi connectivity index (χ1v) is 7.38. The standard InChI is InChI=1S/C15H16ClN3O2/c1-3-21-15(20)11-6-10-7-12(16)14(18-13(10)17-8-11)19-5-4-9(19)2/h6-9H,3-5H2,1-2H3/t9-/m0/s1. The summed E-state index contributed by atoms with van der Waals surface area (Å²) in [5.41, 5.74) is 0.994. The summed E-state index contributed by atoms with van der Waals surface area (Å²) >= 11 is 6.32. The number of ether oxygens (including phenoxy) is 1. The van der Waals surface area contributed by atoms with Gasteiger partial charge in [0.2, 0.25) is 0 Å². The lowest BCUT2D eigenvalue weighted by Crippen LogP contribution is -2.46. The molecule has 0 amide bonds. The van der Waals surface area contributed by atoms with Gasteiger partial charge in [-0.15, -0.1) is 0 Å². The second-order valence-corrected chi connectivity index (χ2v) is 5.52. The molecule has 0 bridgehead atoms. The Morgan fingerprint density at radius 1 is 1.52 bits per heavy atom. The number of anilines is 1. The minimum atomic E-state index is -0.386. The van der Waals surface area contributed by atoms with E-state index in [-0.39, 0.29) is 5.97 Å². The van der Waals surface area contributed by atoms with E-state index in [1.807, 2.05) is 0 Å². The van der Waals surface area contributed by atoms with Gasteiger partial charge < -0.3 is 9.64 Å². The minimum absolute atomic E-state index is 0.335. The van der Waals surface area contributed by atoms with Crippen LogP contribution in [0.2, 0.25) is 5.02 Å². The van der Waals surface area contributed by atoms with E-state index >= 15 is 0 Å². The average Bonchev–Trinajstić information content (AvgIpc) is 2.46. The Morgan fingerprint density at radius 3 is 2.95 bits per heavy atom. The molecular formula is C15H16ClN3O2. The molecular weight excluding hydrogens is 290 g/mol. The average molecular weight is 306 g/mol. The molecule has 1 aliphatic rings. The molecule has 2 aromatic rings. The Morgan fingerprint density at radius 2 is 2.33 bits per heavy atom. The fraction of sp³-hybridized carbons (Fsp3) is 0.400. The van der Waals surface area contributed by atoms with Crippen molar-refractivity contribution in [3.8, 4) is 0 Å². The first-order valence-electron chi connectivity index (χ1n) is 7.00. The summed E-state index contributed by atoms with van der Waals surface area (Å²) < 4.78 is 4.97. The molecule has 1 aliphatic heterocycles. The highest BCUT2D eigenvalue weighted by Crippen LogP contribution is 2.32. The molecule has 3 heterocycles. The van der Waals surface area contributed by atoms with Crippen molar-refractivity contribution < 1.29 is 9.53 Å². The lowest BCUT2D eigenvalue weighted by Gasteiger charge is -2.40. The molecule has 0 aromatic carbocycles. The quantitative estimate of drug-likeness (QED) is 0.816. The predicted octanol–water partition coefficient (Wildman–Crippen LogP) is 3.06. The molecule has 1 atom stereocenters. The summed E-state index contributed by atoms with van der Waals surface area (Å²) in [5, 5.41) is 1.32. The molecule has 2 aromatic heterocycles. The van der Waals surface area contributed by atoms with Gasteiger partial charge in [0, 0.05) is 24.2 Å². The molecule has 5 nitrogen and oxygen atoms in total. The molecule has 21 heavy (non-hydrogen) atoms. The Balaban J connectivity index is 2.00. The summed E-state index contributed by atoms with van der Waals surface area (Å²) in [6.45, 7) is 5.20. The van der Waals surface area contributed by atoms with Crippen molar-refractivity contribution in [3.63, 3.8) is 0 Å². The van der Waals surface area contributed by atoms with Gasteiger partial charge in [0.25, 0.3) is 0 Å². The molecule has 0 aliphatic carbocycles. The van der Waals surface area contributed by atoms with Crippen LogP contribution in [0, 0.1) is 0 Å². The van der Waals surface area contributed by atoms with Crippen LogP contribution in [0.1, 0.15) is 30.6 Å². The van der Waals surface area contributed by atoms with Gasteiger partial charge in [-0.2, -0.15) is 0 Å². The number of halogens is 1. The minimum Gasteiger partial charge on any atom is -0.462 e. The smallest absolute Gasteiger partial charge is 0.339 e. The van der Waals surface area contributed by atoms with E-state index in [0.29, 0.717) is 28.9 Å². The monoisotopic (exact) mass is 305 g/mol. The number of pyridine rings is 2. The second-order valence-electron chi connectivity index (χ2n) is 5.12. The molecule has 6 heteroatoms. The number of hydrogen-bond acceptors (Lipinski definition) is 5. The summed E-state index contributed by atoms with van der Waals surface area (Å²) in [5.74, 6) is 0.378. The normalized spacial score (nSPS) is 17.7. The van der Waals surface area contributed by atoms with Crippen LogP contribution in [0.25, 0.3) is 11.0 Å². The van der Waals surface area contributed by atoms with Crippen LogP contribution in [-0.4, -0.2) is 35.1 Å². The molecule has 0 N–H and O–H groups in total. The highest BCUT2D eigenvalue weighted by molar-refractivity contribution is 6.33. The van der Waals surface area contributed by atoms with Gasteiger partial charge in [0.1, 0.15) is 5.82 Å². The zero-order valence-electron chi connectivity index (χ0n) is 12.0. The van der Waals surface area contributed by atoms with Crippen LogP contribution in [0.15, 0.2) is 18.3 Å². The number of rotatable bonds is 3. The Hall–Kier alpha value is -1.88. The number of fused-ring (bicyclic) bond motifs is 1. The van der Waals surface area contributed by atoms with Crippen LogP contribution in [-0.2, 0) is 4.74 Å². The van der Waals surface area contributed by atoms with Crippen molar-refractivity contribution in [3.05, 3.63) is 28.9 Å². The van der Waals surface area contributed by atoms with E-state index in [1.54, 1.807) is 19.1 Å². The van der Waals surface area contributed by atoms with Crippen molar-refractivity contribution in [1.82, 2.24) is 9.97 Å². The highest BCUT2D eigenvalue weighted by atomic mass is 35.5. The third-order valence-electron chi connectivity index (χ3n) is 3.71. The molecule has 0 saturated carbocycles. The lowest BCUT2D eigenvalue weighted by atomic mass is 10.1. The van der Waals surface area contributed by atoms with E-state index in [0.717, 1.165) is 24.2 Å². The van der Waals surface area contributed by atoms with Crippen LogP contribution in [0.5, 0.6) is 0 Å². The summed E-state index contributed by atoms with van der Waals surface area (Å²) in [6, 6.07) is 3.97. The molecule has 0 radical (unpaired) electrons. The van der Waals surface area contributed by atoms with Gasteiger partial charge in [0.05, 0.1) is 17.2 Å². The molecule has 0 unspecified atom stereocenters. The summed E-state index contributed by atoms with van der Waals surface area (Å²) in [4.78, 5) is 22.7. The number of esters is 1. The van der Waals surface area contributed by atoms with Gasteiger partial charge in [-0.1, -0.05) is 11.6 Å². The number of carbonyl (C=O) groups excluding carboxylic acids is 1. The zero-order chi connectivity index (χ0) is 15.0. The Kier molecular flexibility index (Phi) is 3.68. The van der Waals surface area contributed by atoms with Crippen LogP contribution in [0.3, 0.4) is 0 Å². The van der Waals surface area contributed by atoms with Crippen LogP contribution < -0.4 is 4.90 Å². The number of nitrogens with zero attached hydrogens (tertiary/aromatic N) is 3. The van der Waals surface area contributed by atoms with Crippen LogP contribution in [0.4, 0.5) is 5.82 Å². The van der Waals surface area contributed by atoms with Gasteiger partial charge in [0.15, 0.2) is 5.65 Å². The number of aromatic nitrogens is 2. The van der Waals surface area contributed by atoms with E-state index in [4.69, 9.17) is 16.3 Å². The summed E-state index contributed by atoms with van der Waals surface area (Å²) in [6.07, 6.45) is 2.63. The maximum absolute atomic E-state index is 11.7. The Bertz CT molecular complexity index is 705. The van der Waals surface area contributed by atoms with Crippen LogP contribution >= 0.6 is 11.6 Å². The maximum atomic E-state index is 11.7. The maximum Gasteiger partial charge on any atom is 0.339 e.